The second-order valence-electron chi connectivity index (χ2n) is 14.5. The number of ether oxygens (including phenoxy) is 4. The van der Waals surface area contributed by atoms with Crippen LogP contribution in [0.2, 0.25) is 0 Å². The van der Waals surface area contributed by atoms with Gasteiger partial charge in [0.25, 0.3) is 0 Å². The van der Waals surface area contributed by atoms with Crippen molar-refractivity contribution in [2.75, 3.05) is 27.9 Å². The Kier molecular flexibility index (Phi) is 9.50. The van der Waals surface area contributed by atoms with Gasteiger partial charge in [0.1, 0.15) is 29.4 Å². The quantitative estimate of drug-likeness (QED) is 0.151. The summed E-state index contributed by atoms with van der Waals surface area (Å²) in [5.41, 5.74) is -12.3. The first-order chi connectivity index (χ1) is 26.5. The van der Waals surface area contributed by atoms with Gasteiger partial charge in [0.15, 0.2) is 22.6 Å². The Labute approximate surface area is 319 Å². The van der Waals surface area contributed by atoms with E-state index in [4.69, 9.17) is 18.9 Å². The molecule has 3 aromatic rings. The van der Waals surface area contributed by atoms with Gasteiger partial charge in [-0.1, -0.05) is 36.4 Å². The number of benzene rings is 3. The highest BCUT2D eigenvalue weighted by atomic mass is 16.6. The summed E-state index contributed by atoms with van der Waals surface area (Å²) >= 11 is 0. The Bertz CT molecular complexity index is 2220. The average molecular weight is 776 g/mol. The van der Waals surface area contributed by atoms with E-state index in [0.29, 0.717) is 0 Å². The molecule has 0 saturated carbocycles. The number of ketones is 3. The first-order valence-electron chi connectivity index (χ1n) is 17.7. The third kappa shape index (κ3) is 4.94. The van der Waals surface area contributed by atoms with Crippen LogP contribution in [-0.2, 0) is 36.6 Å². The summed E-state index contributed by atoms with van der Waals surface area (Å²) in [6, 6.07) is 10.0. The molecular weight excluding hydrogens is 734 g/mol. The summed E-state index contributed by atoms with van der Waals surface area (Å²) in [7, 11) is 3.34. The molecule has 16 heteroatoms. The van der Waals surface area contributed by atoms with E-state index in [9.17, 15) is 50.1 Å². The van der Waals surface area contributed by atoms with Crippen molar-refractivity contribution in [2.45, 2.75) is 67.7 Å². The fourth-order valence-corrected chi connectivity index (χ4v) is 9.07. The smallest absolute Gasteiger partial charge is 0.341 e. The molecule has 0 amide bonds. The van der Waals surface area contributed by atoms with Crippen molar-refractivity contribution in [2.24, 2.45) is 5.92 Å². The molecule has 1 fully saturated rings. The highest BCUT2D eigenvalue weighted by Crippen LogP contribution is 2.57. The number of hydrogen-bond acceptors (Lipinski definition) is 16. The van der Waals surface area contributed by atoms with E-state index in [1.54, 1.807) is 25.1 Å². The van der Waals surface area contributed by atoms with Gasteiger partial charge in [-0.2, -0.15) is 0 Å². The van der Waals surface area contributed by atoms with Crippen LogP contribution in [0.15, 0.2) is 54.2 Å². The Balaban J connectivity index is 1.48. The van der Waals surface area contributed by atoms with Crippen LogP contribution >= 0.6 is 0 Å². The van der Waals surface area contributed by atoms with Gasteiger partial charge in [-0.15, -0.1) is 0 Å². The Morgan fingerprint density at radius 3 is 2.27 bits per heavy atom. The lowest BCUT2D eigenvalue weighted by Crippen LogP contribution is -2.73. The number of phenolic OH excluding ortho intramolecular Hbond substituents is 2. The van der Waals surface area contributed by atoms with Crippen molar-refractivity contribution in [1.82, 2.24) is 5.32 Å². The van der Waals surface area contributed by atoms with Crippen LogP contribution < -0.4 is 5.32 Å². The Morgan fingerprint density at radius 2 is 1.66 bits per heavy atom. The van der Waals surface area contributed by atoms with E-state index in [-0.39, 0.29) is 22.4 Å². The molecule has 0 bridgehead atoms. The molecule has 8 N–H and O–H groups in total. The number of aliphatic hydroxyl groups is 5. The summed E-state index contributed by atoms with van der Waals surface area (Å²) in [6.45, 7) is 2.45. The molecule has 56 heavy (non-hydrogen) atoms. The lowest BCUT2D eigenvalue weighted by atomic mass is 9.56. The number of nitrogens with one attached hydrogen (secondary N) is 1. The molecule has 3 aromatic carbocycles. The summed E-state index contributed by atoms with van der Waals surface area (Å²) in [6.07, 6.45) is -5.60. The topological polar surface area (TPSA) is 259 Å². The first-order valence-corrected chi connectivity index (χ1v) is 17.7. The second-order valence-corrected chi connectivity index (χ2v) is 14.5. The van der Waals surface area contributed by atoms with Crippen LogP contribution in [-0.4, -0.2) is 123 Å². The van der Waals surface area contributed by atoms with Crippen LogP contribution in [0, 0.1) is 12.8 Å². The van der Waals surface area contributed by atoms with Crippen LogP contribution in [0.1, 0.15) is 76.2 Å². The van der Waals surface area contributed by atoms with E-state index in [2.05, 4.69) is 5.32 Å². The number of carbonyl (C=O) groups is 4. The minimum atomic E-state index is -3.27. The Morgan fingerprint density at radius 1 is 0.982 bits per heavy atom. The van der Waals surface area contributed by atoms with Gasteiger partial charge in [0.2, 0.25) is 11.6 Å². The molecule has 4 aliphatic rings. The number of phenols is 2. The SMILES string of the molecule is COC(=O)c1c(C)cc2c(c1O)[C@]1(O)C(=O)c3cc4c(c(O)c3C(=O)[C@]1(OC)[C@H](O)C2)C(=O)C=C(N[C@H]1O[C@@H](C)[C@H](OC)[C@@H](O)[C@H]1CO)C4(O)c1ccccc1. The summed E-state index contributed by atoms with van der Waals surface area (Å²) in [4.78, 5) is 56.8. The number of rotatable bonds is 7. The van der Waals surface area contributed by atoms with Gasteiger partial charge in [-0.25, -0.2) is 4.79 Å². The monoisotopic (exact) mass is 775 g/mol. The number of aliphatic hydroxyl groups excluding tert-OH is 3. The van der Waals surface area contributed by atoms with E-state index >= 15 is 4.79 Å². The molecular formula is C40H41NO15. The lowest BCUT2D eigenvalue weighted by molar-refractivity contribution is -0.216. The normalized spacial score (nSPS) is 32.1. The third-order valence-corrected chi connectivity index (χ3v) is 11.8. The van der Waals surface area contributed by atoms with Gasteiger partial charge in [0, 0.05) is 43.4 Å². The number of Topliss-reactive ketones (excluding diaryl/α,β-unsaturated/α-hetero) is 2. The van der Waals surface area contributed by atoms with Crippen LogP contribution in [0.5, 0.6) is 11.5 Å². The number of aryl methyl sites for hydroxylation is 1. The molecule has 16 nitrogen and oxygen atoms in total. The van der Waals surface area contributed by atoms with Crippen molar-refractivity contribution in [3.05, 3.63) is 104 Å². The van der Waals surface area contributed by atoms with Crippen molar-refractivity contribution >= 4 is 23.3 Å². The third-order valence-electron chi connectivity index (χ3n) is 11.8. The maximum atomic E-state index is 15.0. The summed E-state index contributed by atoms with van der Waals surface area (Å²) in [5, 5.41) is 85.2. The van der Waals surface area contributed by atoms with E-state index in [0.717, 1.165) is 26.4 Å². The Hall–Kier alpha value is -5.04. The molecule has 0 aromatic heterocycles. The standard InChI is InChI=1S/C40H41NO15/c1-16-11-18-12-25(44)40(55-5)35(49)27-20(34(48)39(40,52)29(18)32(47)26(16)37(50)54-4)13-22-28(31(27)46)23(43)14-24(38(22,51)19-9-7-6-8-10-19)41-36-21(15-42)30(45)33(53-3)17(2)56-36/h6-11,13-14,17,21,25,30,33,36,41-42,44-47,51-52H,12,15H2,1-5H3/t17-,21+,25+,30-,33-,36-,38?,39-,40+/m0/s1. The van der Waals surface area contributed by atoms with E-state index in [1.807, 2.05) is 0 Å². The van der Waals surface area contributed by atoms with E-state index < -0.39 is 135 Å². The van der Waals surface area contributed by atoms with Gasteiger partial charge in [-0.3, -0.25) is 14.4 Å². The van der Waals surface area contributed by atoms with Crippen LogP contribution in [0.4, 0.5) is 0 Å². The molecule has 1 aliphatic heterocycles. The van der Waals surface area contributed by atoms with Gasteiger partial charge in [0.05, 0.1) is 54.8 Å². The maximum absolute atomic E-state index is 15.0. The first kappa shape index (κ1) is 39.2. The molecule has 1 unspecified atom stereocenters. The highest BCUT2D eigenvalue weighted by molar-refractivity contribution is 6.26. The fraction of sp³-hybridized carbons (Fsp3) is 0.400. The number of aromatic hydroxyl groups is 2. The molecule has 9 atom stereocenters. The molecule has 7 rings (SSSR count). The summed E-state index contributed by atoms with van der Waals surface area (Å²) in [5.74, 6) is -7.77. The molecule has 0 spiro atoms. The van der Waals surface area contributed by atoms with Crippen molar-refractivity contribution in [3.63, 3.8) is 0 Å². The molecule has 296 valence electrons. The van der Waals surface area contributed by atoms with E-state index in [1.165, 1.54) is 32.2 Å². The average Bonchev–Trinajstić information content (AvgIpc) is 3.16. The number of carbonyl (C=O) groups excluding carboxylic acids is 4. The van der Waals surface area contributed by atoms with Crippen LogP contribution in [0.25, 0.3) is 0 Å². The molecule has 3 aliphatic carbocycles. The number of esters is 1. The van der Waals surface area contributed by atoms with Gasteiger partial charge < -0.3 is 60.0 Å². The van der Waals surface area contributed by atoms with Crippen molar-refractivity contribution < 1.29 is 73.9 Å². The minimum Gasteiger partial charge on any atom is -0.507 e. The highest BCUT2D eigenvalue weighted by Gasteiger charge is 2.73. The molecule has 1 saturated heterocycles. The number of methoxy groups -OCH3 is 3. The van der Waals surface area contributed by atoms with Crippen molar-refractivity contribution in [1.29, 1.82) is 0 Å². The minimum absolute atomic E-state index is 0.00875. The zero-order chi connectivity index (χ0) is 40.8. The number of fused-ring (bicyclic) bond motifs is 5. The fourth-order valence-electron chi connectivity index (χ4n) is 9.07. The second kappa shape index (κ2) is 13.6. The van der Waals surface area contributed by atoms with Gasteiger partial charge in [-0.05, 0) is 36.6 Å². The molecule has 0 radical (unpaired) electrons. The predicted molar refractivity (Wildman–Crippen MR) is 191 cm³/mol. The lowest BCUT2D eigenvalue weighted by Gasteiger charge is -2.53. The zero-order valence-corrected chi connectivity index (χ0v) is 30.9. The number of hydrogen-bond donors (Lipinski definition) is 8. The maximum Gasteiger partial charge on any atom is 0.341 e. The molecule has 1 heterocycles. The predicted octanol–water partition coefficient (Wildman–Crippen LogP) is 0.397. The van der Waals surface area contributed by atoms with Crippen molar-refractivity contribution in [3.8, 4) is 11.5 Å². The number of allylic oxidation sites excluding steroid dienone is 1. The van der Waals surface area contributed by atoms with Gasteiger partial charge >= 0.3 is 5.97 Å². The largest absolute Gasteiger partial charge is 0.507 e. The zero-order valence-electron chi connectivity index (χ0n) is 30.9. The van der Waals surface area contributed by atoms with Crippen LogP contribution in [0.3, 0.4) is 0 Å². The summed E-state index contributed by atoms with van der Waals surface area (Å²) < 4.78 is 21.8.